The number of methoxy groups -OCH3 is 1. The Kier molecular flexibility index (Phi) is 7.20. The first-order valence-corrected chi connectivity index (χ1v) is 5.69. The molecule has 0 aliphatic rings. The van der Waals surface area contributed by atoms with Crippen LogP contribution in [0.5, 0.6) is 0 Å². The van der Waals surface area contributed by atoms with Crippen LogP contribution in [0, 0.1) is 6.42 Å². The Hall–Kier alpha value is -0.0800. The van der Waals surface area contributed by atoms with Gasteiger partial charge < -0.3 is 9.84 Å². The molecule has 85 valence electrons. The van der Waals surface area contributed by atoms with Crippen molar-refractivity contribution in [3.63, 3.8) is 0 Å². The average molecular weight is 201 g/mol. The van der Waals surface area contributed by atoms with Gasteiger partial charge in [0, 0.05) is 13.5 Å². The zero-order chi connectivity index (χ0) is 11.0. The zero-order valence-corrected chi connectivity index (χ0v) is 10.0. The van der Waals surface area contributed by atoms with Crippen LogP contribution in [0.25, 0.3) is 0 Å². The van der Waals surface area contributed by atoms with Gasteiger partial charge in [-0.15, -0.1) is 0 Å². The van der Waals surface area contributed by atoms with Gasteiger partial charge in [0.2, 0.25) is 0 Å². The van der Waals surface area contributed by atoms with Gasteiger partial charge in [0.05, 0.1) is 11.7 Å². The van der Waals surface area contributed by atoms with Crippen LogP contribution in [0.15, 0.2) is 0 Å². The lowest BCUT2D eigenvalue weighted by Gasteiger charge is -2.33. The maximum atomic E-state index is 9.41. The van der Waals surface area contributed by atoms with Crippen LogP contribution < -0.4 is 0 Å². The molecule has 1 N–H and O–H groups in total. The minimum absolute atomic E-state index is 0.209. The lowest BCUT2D eigenvalue weighted by Crippen LogP contribution is -2.35. The monoisotopic (exact) mass is 201 g/mol. The topological polar surface area (TPSA) is 29.5 Å². The van der Waals surface area contributed by atoms with Gasteiger partial charge in [0.15, 0.2) is 0 Å². The highest BCUT2D eigenvalue weighted by Crippen LogP contribution is 2.28. The van der Waals surface area contributed by atoms with Crippen LogP contribution in [0.4, 0.5) is 0 Å². The summed E-state index contributed by atoms with van der Waals surface area (Å²) in [6.07, 6.45) is 6.96. The summed E-state index contributed by atoms with van der Waals surface area (Å²) in [5.74, 6) is 0. The second-order valence-corrected chi connectivity index (χ2v) is 4.03. The Morgan fingerprint density at radius 3 is 2.29 bits per heavy atom. The normalized spacial score (nSPS) is 17.8. The molecular formula is C12H25O2. The van der Waals surface area contributed by atoms with E-state index >= 15 is 0 Å². The molecular weight excluding hydrogens is 176 g/mol. The van der Waals surface area contributed by atoms with Gasteiger partial charge in [-0.25, -0.2) is 0 Å². The third-order valence-corrected chi connectivity index (χ3v) is 2.58. The molecule has 0 unspecified atom stereocenters. The van der Waals surface area contributed by atoms with Crippen LogP contribution in [-0.4, -0.2) is 23.9 Å². The van der Waals surface area contributed by atoms with Crippen molar-refractivity contribution < 1.29 is 9.84 Å². The number of aliphatic hydroxyl groups excluding tert-OH is 1. The van der Waals surface area contributed by atoms with Crippen molar-refractivity contribution in [3.05, 3.63) is 6.42 Å². The second-order valence-electron chi connectivity index (χ2n) is 4.03. The molecule has 1 radical (unpaired) electrons. The van der Waals surface area contributed by atoms with E-state index in [4.69, 9.17) is 4.74 Å². The van der Waals surface area contributed by atoms with Gasteiger partial charge in [-0.1, -0.05) is 33.1 Å². The number of hydrogen-bond acceptors (Lipinski definition) is 2. The standard InChI is InChI=1S/C12H25O2/c1-5-7-9-12(14-4,8-6-2)10-11(3)13/h10-11,13H,5-9H2,1-4H3/t11-,12-/m0/s1. The average Bonchev–Trinajstić information content (AvgIpc) is 2.14. The van der Waals surface area contributed by atoms with Crippen LogP contribution in [0.1, 0.15) is 52.9 Å². The highest BCUT2D eigenvalue weighted by Gasteiger charge is 2.29. The third kappa shape index (κ3) is 4.97. The number of ether oxygens (including phenoxy) is 1. The predicted octanol–water partition coefficient (Wildman–Crippen LogP) is 2.95. The van der Waals surface area contributed by atoms with Crippen molar-refractivity contribution in [1.29, 1.82) is 0 Å². The summed E-state index contributed by atoms with van der Waals surface area (Å²) < 4.78 is 5.58. The molecule has 0 aromatic heterocycles. The quantitative estimate of drug-likeness (QED) is 0.654. The number of aliphatic hydroxyl groups is 1. The summed E-state index contributed by atoms with van der Waals surface area (Å²) in [6, 6.07) is 0. The second kappa shape index (κ2) is 7.24. The summed E-state index contributed by atoms with van der Waals surface area (Å²) in [6.45, 7) is 6.11. The first-order chi connectivity index (χ1) is 6.60. The smallest absolute Gasteiger partial charge is 0.0735 e. The van der Waals surface area contributed by atoms with E-state index in [1.54, 1.807) is 14.0 Å². The highest BCUT2D eigenvalue weighted by atomic mass is 16.5. The first-order valence-electron chi connectivity index (χ1n) is 5.69. The maximum Gasteiger partial charge on any atom is 0.0735 e. The van der Waals surface area contributed by atoms with Gasteiger partial charge in [0.1, 0.15) is 0 Å². The van der Waals surface area contributed by atoms with Gasteiger partial charge in [-0.2, -0.15) is 0 Å². The Bertz CT molecular complexity index is 134. The number of unbranched alkanes of at least 4 members (excludes halogenated alkanes) is 1. The zero-order valence-electron chi connectivity index (χ0n) is 10.0. The number of hydrogen-bond donors (Lipinski definition) is 1. The lowest BCUT2D eigenvalue weighted by molar-refractivity contribution is -0.0154. The summed E-state index contributed by atoms with van der Waals surface area (Å²) in [5, 5.41) is 9.41. The molecule has 0 saturated carbocycles. The van der Waals surface area contributed by atoms with E-state index in [2.05, 4.69) is 13.8 Å². The minimum atomic E-state index is -0.390. The summed E-state index contributed by atoms with van der Waals surface area (Å²) in [7, 11) is 1.74. The Morgan fingerprint density at radius 1 is 1.29 bits per heavy atom. The largest absolute Gasteiger partial charge is 0.393 e. The van der Waals surface area contributed by atoms with E-state index < -0.39 is 6.10 Å². The van der Waals surface area contributed by atoms with Crippen LogP contribution in [0.2, 0.25) is 0 Å². The van der Waals surface area contributed by atoms with Gasteiger partial charge >= 0.3 is 0 Å². The molecule has 0 saturated heterocycles. The molecule has 2 nitrogen and oxygen atoms in total. The minimum Gasteiger partial charge on any atom is -0.393 e. The molecule has 0 aromatic rings. The maximum absolute atomic E-state index is 9.41. The fourth-order valence-corrected chi connectivity index (χ4v) is 1.90. The summed E-state index contributed by atoms with van der Waals surface area (Å²) in [5.41, 5.74) is -0.209. The van der Waals surface area contributed by atoms with Crippen LogP contribution in [-0.2, 0) is 4.74 Å². The van der Waals surface area contributed by atoms with Crippen molar-refractivity contribution in [3.8, 4) is 0 Å². The molecule has 2 atom stereocenters. The fraction of sp³-hybridized carbons (Fsp3) is 0.917. The SMILES string of the molecule is CCCC[C@]([CH][C@H](C)O)(CCC)OC. The van der Waals surface area contributed by atoms with Gasteiger partial charge in [-0.05, 0) is 19.8 Å². The summed E-state index contributed by atoms with van der Waals surface area (Å²) >= 11 is 0. The predicted molar refractivity (Wildman–Crippen MR) is 60.2 cm³/mol. The van der Waals surface area contributed by atoms with Crippen molar-refractivity contribution in [1.82, 2.24) is 0 Å². The Labute approximate surface area is 88.7 Å². The van der Waals surface area contributed by atoms with Crippen LogP contribution >= 0.6 is 0 Å². The fourth-order valence-electron chi connectivity index (χ4n) is 1.90. The first kappa shape index (κ1) is 13.9. The molecule has 0 aromatic carbocycles. The molecule has 14 heavy (non-hydrogen) atoms. The van der Waals surface area contributed by atoms with Crippen molar-refractivity contribution in [2.75, 3.05) is 7.11 Å². The molecule has 0 bridgehead atoms. The molecule has 0 aliphatic carbocycles. The van der Waals surface area contributed by atoms with Crippen molar-refractivity contribution in [2.24, 2.45) is 0 Å². The lowest BCUT2D eigenvalue weighted by atomic mass is 9.86. The number of rotatable bonds is 8. The van der Waals surface area contributed by atoms with Crippen molar-refractivity contribution in [2.45, 2.75) is 64.6 Å². The molecule has 2 heteroatoms. The Balaban J connectivity index is 4.26. The van der Waals surface area contributed by atoms with E-state index in [-0.39, 0.29) is 5.60 Å². The van der Waals surface area contributed by atoms with Crippen LogP contribution in [0.3, 0.4) is 0 Å². The summed E-state index contributed by atoms with van der Waals surface area (Å²) in [4.78, 5) is 0. The van der Waals surface area contributed by atoms with E-state index in [1.165, 1.54) is 6.42 Å². The van der Waals surface area contributed by atoms with E-state index in [0.717, 1.165) is 25.7 Å². The van der Waals surface area contributed by atoms with Gasteiger partial charge in [-0.3, -0.25) is 0 Å². The molecule has 0 spiro atoms. The molecule has 0 rings (SSSR count). The van der Waals surface area contributed by atoms with Gasteiger partial charge in [0.25, 0.3) is 0 Å². The molecule has 0 heterocycles. The molecule has 0 aliphatic heterocycles. The van der Waals surface area contributed by atoms with E-state index in [9.17, 15) is 5.11 Å². The third-order valence-electron chi connectivity index (χ3n) is 2.58. The van der Waals surface area contributed by atoms with E-state index in [1.807, 2.05) is 6.42 Å². The highest BCUT2D eigenvalue weighted by molar-refractivity contribution is 4.97. The van der Waals surface area contributed by atoms with Crippen molar-refractivity contribution >= 4 is 0 Å². The Morgan fingerprint density at radius 2 is 1.93 bits per heavy atom. The van der Waals surface area contributed by atoms with E-state index in [0.29, 0.717) is 0 Å². The molecule has 0 fully saturated rings. The molecule has 0 amide bonds.